The molecular weight excluding hydrogens is 510 g/mol. The van der Waals surface area contributed by atoms with Crippen molar-refractivity contribution in [1.82, 2.24) is 10.2 Å². The third-order valence-corrected chi connectivity index (χ3v) is 6.74. The number of aryl methyl sites for hydroxylation is 3. The highest BCUT2D eigenvalue weighted by atomic mass is 35.5. The number of carbonyl (C=O) groups excluding carboxylic acids is 3. The summed E-state index contributed by atoms with van der Waals surface area (Å²) >= 11 is 7.94. The highest BCUT2D eigenvalue weighted by Gasteiger charge is 2.35. The largest absolute Gasteiger partial charge is 0.444 e. The molecule has 37 heavy (non-hydrogen) atoms. The summed E-state index contributed by atoms with van der Waals surface area (Å²) in [5, 5.41) is 6.05. The molecular formula is C28H38ClN3O4S. The van der Waals surface area contributed by atoms with Crippen molar-refractivity contribution in [3.8, 4) is 0 Å². The van der Waals surface area contributed by atoms with Crippen molar-refractivity contribution in [3.05, 3.63) is 63.7 Å². The molecule has 0 fully saturated rings. The van der Waals surface area contributed by atoms with E-state index in [2.05, 4.69) is 10.6 Å². The van der Waals surface area contributed by atoms with Crippen molar-refractivity contribution >= 4 is 47.0 Å². The summed E-state index contributed by atoms with van der Waals surface area (Å²) in [4.78, 5) is 41.5. The summed E-state index contributed by atoms with van der Waals surface area (Å²) in [6, 6.07) is 9.33. The molecule has 2 aromatic carbocycles. The minimum Gasteiger partial charge on any atom is -0.444 e. The number of alkyl carbamates (subject to hydrolysis) is 1. The average molecular weight is 548 g/mol. The van der Waals surface area contributed by atoms with E-state index in [-0.39, 0.29) is 0 Å². The maximum atomic E-state index is 13.8. The van der Waals surface area contributed by atoms with Crippen LogP contribution in [0, 0.1) is 20.8 Å². The van der Waals surface area contributed by atoms with Crippen LogP contribution in [0.4, 0.5) is 10.5 Å². The molecule has 202 valence electrons. The van der Waals surface area contributed by atoms with Crippen LogP contribution in [0.25, 0.3) is 0 Å². The predicted octanol–water partition coefficient (Wildman–Crippen LogP) is 6.05. The lowest BCUT2D eigenvalue weighted by molar-refractivity contribution is -0.139. The van der Waals surface area contributed by atoms with E-state index in [0.717, 1.165) is 16.7 Å². The molecule has 2 atom stereocenters. The number of carbonyl (C=O) groups is 3. The normalized spacial score (nSPS) is 12.9. The molecule has 0 bridgehead atoms. The van der Waals surface area contributed by atoms with E-state index >= 15 is 0 Å². The molecule has 0 aromatic heterocycles. The second-order valence-electron chi connectivity index (χ2n) is 10.1. The fourth-order valence-electron chi connectivity index (χ4n) is 3.88. The summed E-state index contributed by atoms with van der Waals surface area (Å²) in [7, 11) is 1.58. The molecule has 0 saturated heterocycles. The van der Waals surface area contributed by atoms with E-state index in [4.69, 9.17) is 16.3 Å². The van der Waals surface area contributed by atoms with Gasteiger partial charge in [-0.15, -0.1) is 0 Å². The Labute approximate surface area is 229 Å². The summed E-state index contributed by atoms with van der Waals surface area (Å²) in [5.41, 5.74) is 3.10. The van der Waals surface area contributed by atoms with Crippen LogP contribution >= 0.6 is 23.4 Å². The number of rotatable bonds is 9. The molecule has 0 heterocycles. The van der Waals surface area contributed by atoms with Gasteiger partial charge in [0.1, 0.15) is 17.7 Å². The minimum absolute atomic E-state index is 0.383. The van der Waals surface area contributed by atoms with Gasteiger partial charge in [0, 0.05) is 7.05 Å². The van der Waals surface area contributed by atoms with Gasteiger partial charge in [-0.3, -0.25) is 9.59 Å². The Hall–Kier alpha value is -2.71. The van der Waals surface area contributed by atoms with Crippen LogP contribution in [0.15, 0.2) is 36.4 Å². The molecule has 0 saturated carbocycles. The third-order valence-electron chi connectivity index (χ3n) is 5.78. The summed E-state index contributed by atoms with van der Waals surface area (Å²) in [6.45, 7) is 11.0. The van der Waals surface area contributed by atoms with Gasteiger partial charge in [0.25, 0.3) is 5.91 Å². The lowest BCUT2D eigenvalue weighted by Crippen LogP contribution is -2.51. The van der Waals surface area contributed by atoms with Crippen LogP contribution in [0.2, 0.25) is 5.02 Å². The Morgan fingerprint density at radius 1 is 1.08 bits per heavy atom. The van der Waals surface area contributed by atoms with Crippen molar-refractivity contribution in [3.63, 3.8) is 0 Å². The van der Waals surface area contributed by atoms with Gasteiger partial charge in [0.2, 0.25) is 5.91 Å². The molecule has 9 heteroatoms. The van der Waals surface area contributed by atoms with Crippen molar-refractivity contribution in [1.29, 1.82) is 0 Å². The maximum absolute atomic E-state index is 13.8. The first kappa shape index (κ1) is 30.5. The molecule has 2 rings (SSSR count). The molecule has 2 aromatic rings. The number of hydrogen-bond donors (Lipinski definition) is 2. The molecule has 0 aliphatic heterocycles. The van der Waals surface area contributed by atoms with Gasteiger partial charge >= 0.3 is 6.09 Å². The molecule has 0 radical (unpaired) electrons. The van der Waals surface area contributed by atoms with E-state index in [1.807, 2.05) is 57.4 Å². The third kappa shape index (κ3) is 8.68. The first-order chi connectivity index (χ1) is 17.2. The average Bonchev–Trinajstić information content (AvgIpc) is 2.79. The molecule has 2 unspecified atom stereocenters. The molecule has 3 amide bonds. The van der Waals surface area contributed by atoms with Crippen LogP contribution < -0.4 is 10.6 Å². The number of amides is 3. The first-order valence-electron chi connectivity index (χ1n) is 12.1. The fourth-order valence-corrected chi connectivity index (χ4v) is 4.62. The number of likely N-dealkylation sites (N-methyl/N-ethyl adjacent to an activating group) is 1. The predicted molar refractivity (Wildman–Crippen MR) is 152 cm³/mol. The second kappa shape index (κ2) is 13.2. The van der Waals surface area contributed by atoms with Crippen molar-refractivity contribution in [2.24, 2.45) is 0 Å². The Morgan fingerprint density at radius 2 is 1.76 bits per heavy atom. The molecule has 0 spiro atoms. The van der Waals surface area contributed by atoms with Gasteiger partial charge in [-0.05, 0) is 82.7 Å². The van der Waals surface area contributed by atoms with Crippen LogP contribution in [0.1, 0.15) is 55.5 Å². The Morgan fingerprint density at radius 3 is 2.35 bits per heavy atom. The van der Waals surface area contributed by atoms with Gasteiger partial charge in [0.15, 0.2) is 0 Å². The SMILES string of the molecule is CSCCC(NC(=O)OC(C)(C)C)C(=O)N(C)C(C(=O)Nc1c(C)cccc1Cl)c1cc(C)ccc1C. The lowest BCUT2D eigenvalue weighted by Gasteiger charge is -2.32. The minimum atomic E-state index is -0.958. The molecule has 0 aliphatic rings. The number of nitrogens with one attached hydrogen (secondary N) is 2. The van der Waals surface area contributed by atoms with Crippen molar-refractivity contribution < 1.29 is 19.1 Å². The fraction of sp³-hybridized carbons (Fsp3) is 0.464. The van der Waals surface area contributed by atoms with E-state index in [1.54, 1.807) is 45.6 Å². The van der Waals surface area contributed by atoms with Gasteiger partial charge in [-0.2, -0.15) is 11.8 Å². The standard InChI is InChI=1S/C28H38ClN3O4S/c1-17-12-13-18(2)20(16-17)24(25(33)31-23-19(3)10-9-11-21(23)29)32(7)26(34)22(14-15-37-8)30-27(35)36-28(4,5)6/h9-13,16,22,24H,14-15H2,1-8H3,(H,30,35)(H,31,33). The number of hydrogen-bond acceptors (Lipinski definition) is 5. The highest BCUT2D eigenvalue weighted by Crippen LogP contribution is 2.30. The lowest BCUT2D eigenvalue weighted by atomic mass is 9.96. The van der Waals surface area contributed by atoms with Crippen LogP contribution in [-0.2, 0) is 14.3 Å². The number of thioether (sulfide) groups is 1. The summed E-state index contributed by atoms with van der Waals surface area (Å²) in [6.07, 6.45) is 1.63. The number of benzene rings is 2. The number of ether oxygens (including phenoxy) is 1. The summed E-state index contributed by atoms with van der Waals surface area (Å²) in [5.74, 6) is -0.155. The van der Waals surface area contributed by atoms with Crippen LogP contribution in [0.5, 0.6) is 0 Å². The zero-order valence-corrected chi connectivity index (χ0v) is 24.5. The smallest absolute Gasteiger partial charge is 0.408 e. The van der Waals surface area contributed by atoms with Crippen molar-refractivity contribution in [2.75, 3.05) is 24.4 Å². The molecule has 7 nitrogen and oxygen atoms in total. The molecule has 0 aliphatic carbocycles. The van der Waals surface area contributed by atoms with Gasteiger partial charge in [-0.1, -0.05) is 47.5 Å². The zero-order valence-electron chi connectivity index (χ0n) is 22.9. The Kier molecular flexibility index (Phi) is 10.9. The van der Waals surface area contributed by atoms with Crippen LogP contribution in [0.3, 0.4) is 0 Å². The van der Waals surface area contributed by atoms with Crippen LogP contribution in [-0.4, -0.2) is 53.5 Å². The first-order valence-corrected chi connectivity index (χ1v) is 13.9. The van der Waals surface area contributed by atoms with E-state index < -0.39 is 35.6 Å². The Bertz CT molecular complexity index is 1110. The van der Waals surface area contributed by atoms with E-state index in [0.29, 0.717) is 28.4 Å². The van der Waals surface area contributed by atoms with Gasteiger partial charge in [-0.25, -0.2) is 4.79 Å². The quantitative estimate of drug-likeness (QED) is 0.399. The van der Waals surface area contributed by atoms with Gasteiger partial charge < -0.3 is 20.3 Å². The zero-order chi connectivity index (χ0) is 27.9. The number of anilines is 1. The van der Waals surface area contributed by atoms with E-state index in [9.17, 15) is 14.4 Å². The van der Waals surface area contributed by atoms with Crippen molar-refractivity contribution in [2.45, 2.75) is 65.6 Å². The van der Waals surface area contributed by atoms with E-state index in [1.165, 1.54) is 4.90 Å². The highest BCUT2D eigenvalue weighted by molar-refractivity contribution is 7.98. The second-order valence-corrected chi connectivity index (χ2v) is 11.5. The van der Waals surface area contributed by atoms with Gasteiger partial charge in [0.05, 0.1) is 10.7 Å². The number of halogens is 1. The topological polar surface area (TPSA) is 87.7 Å². The number of para-hydroxylation sites is 1. The maximum Gasteiger partial charge on any atom is 0.408 e. The summed E-state index contributed by atoms with van der Waals surface area (Å²) < 4.78 is 5.39. The molecule has 2 N–H and O–H groups in total. The number of nitrogens with zero attached hydrogens (tertiary/aromatic N) is 1. The Balaban J connectivity index is 2.47. The monoisotopic (exact) mass is 547 g/mol.